The highest BCUT2D eigenvalue weighted by Gasteiger charge is 2.42. The molecular formula is C10H19NO5. The zero-order valence-corrected chi connectivity index (χ0v) is 9.75. The van der Waals surface area contributed by atoms with E-state index in [4.69, 9.17) is 15.2 Å². The molecule has 0 aromatic rings. The molecule has 1 aliphatic heterocycles. The van der Waals surface area contributed by atoms with Crippen LogP contribution in [0.25, 0.3) is 0 Å². The van der Waals surface area contributed by atoms with Crippen molar-refractivity contribution in [2.45, 2.75) is 45.4 Å². The first-order chi connectivity index (χ1) is 7.41. The van der Waals surface area contributed by atoms with E-state index in [-0.39, 0.29) is 24.7 Å². The van der Waals surface area contributed by atoms with Gasteiger partial charge in [0, 0.05) is 5.92 Å². The molecule has 16 heavy (non-hydrogen) atoms. The average molecular weight is 233 g/mol. The molecule has 1 heterocycles. The van der Waals surface area contributed by atoms with Gasteiger partial charge in [-0.15, -0.1) is 0 Å². The molecule has 6 nitrogen and oxygen atoms in total. The smallest absolute Gasteiger partial charge is 0.404 e. The largest absolute Gasteiger partial charge is 0.447 e. The zero-order valence-electron chi connectivity index (χ0n) is 9.75. The molecule has 0 aliphatic carbocycles. The van der Waals surface area contributed by atoms with Gasteiger partial charge in [0.25, 0.3) is 0 Å². The van der Waals surface area contributed by atoms with Crippen LogP contribution in [0.3, 0.4) is 0 Å². The molecule has 1 aliphatic rings. The summed E-state index contributed by atoms with van der Waals surface area (Å²) in [5.41, 5.74) is 4.86. The van der Waals surface area contributed by atoms with E-state index in [2.05, 4.69) is 4.74 Å². The van der Waals surface area contributed by atoms with Crippen LogP contribution in [0.1, 0.15) is 20.8 Å². The summed E-state index contributed by atoms with van der Waals surface area (Å²) in [5, 5.41) is 9.82. The SMILES string of the molecule is CC(C)O[C@@H]1O[C@H](COC(N)=O)[C@@H](C)[C@H]1O. The summed E-state index contributed by atoms with van der Waals surface area (Å²) in [6.45, 7) is 5.55. The summed E-state index contributed by atoms with van der Waals surface area (Å²) < 4.78 is 15.5. The Balaban J connectivity index is 2.47. The highest BCUT2D eigenvalue weighted by Crippen LogP contribution is 2.28. The van der Waals surface area contributed by atoms with E-state index in [0.29, 0.717) is 0 Å². The second kappa shape index (κ2) is 5.47. The number of primary amides is 1. The molecule has 1 rings (SSSR count). The Morgan fingerprint density at radius 3 is 2.69 bits per heavy atom. The van der Waals surface area contributed by atoms with Gasteiger partial charge < -0.3 is 25.1 Å². The Morgan fingerprint density at radius 2 is 2.19 bits per heavy atom. The molecule has 3 N–H and O–H groups in total. The van der Waals surface area contributed by atoms with Crippen LogP contribution in [0, 0.1) is 5.92 Å². The van der Waals surface area contributed by atoms with E-state index in [9.17, 15) is 9.90 Å². The van der Waals surface area contributed by atoms with E-state index in [1.165, 1.54) is 0 Å². The number of aliphatic hydroxyl groups is 1. The molecule has 1 fully saturated rings. The van der Waals surface area contributed by atoms with Crippen LogP contribution in [0.4, 0.5) is 4.79 Å². The first-order valence-electron chi connectivity index (χ1n) is 5.33. The Hall–Kier alpha value is -0.850. The van der Waals surface area contributed by atoms with Gasteiger partial charge in [0.15, 0.2) is 6.29 Å². The van der Waals surface area contributed by atoms with E-state index >= 15 is 0 Å². The summed E-state index contributed by atoms with van der Waals surface area (Å²) in [7, 11) is 0. The molecule has 4 atom stereocenters. The number of hydrogen-bond acceptors (Lipinski definition) is 5. The quantitative estimate of drug-likeness (QED) is 0.725. The first-order valence-corrected chi connectivity index (χ1v) is 5.33. The second-order valence-electron chi connectivity index (χ2n) is 4.21. The summed E-state index contributed by atoms with van der Waals surface area (Å²) in [5.74, 6) is -0.164. The number of rotatable bonds is 4. The van der Waals surface area contributed by atoms with Crippen molar-refractivity contribution in [2.75, 3.05) is 6.61 Å². The van der Waals surface area contributed by atoms with Gasteiger partial charge in [0.1, 0.15) is 18.8 Å². The monoisotopic (exact) mass is 233 g/mol. The number of ether oxygens (including phenoxy) is 3. The third-order valence-corrected chi connectivity index (χ3v) is 2.51. The van der Waals surface area contributed by atoms with Gasteiger partial charge in [0.05, 0.1) is 6.10 Å². The molecule has 0 aromatic heterocycles. The standard InChI is InChI=1S/C10H19NO5/c1-5(2)15-9-8(12)6(3)7(16-9)4-14-10(11)13/h5-9,12H,4H2,1-3H3,(H2,11,13)/t6-,7-,8-,9-/m1/s1. The lowest BCUT2D eigenvalue weighted by molar-refractivity contribution is -0.186. The van der Waals surface area contributed by atoms with E-state index < -0.39 is 18.5 Å². The lowest BCUT2D eigenvalue weighted by atomic mass is 10.0. The van der Waals surface area contributed by atoms with Crippen LogP contribution in [0.15, 0.2) is 0 Å². The number of carbonyl (C=O) groups excluding carboxylic acids is 1. The van der Waals surface area contributed by atoms with E-state index in [1.807, 2.05) is 20.8 Å². The van der Waals surface area contributed by atoms with Crippen LogP contribution in [0.5, 0.6) is 0 Å². The fourth-order valence-electron chi connectivity index (χ4n) is 1.58. The second-order valence-corrected chi connectivity index (χ2v) is 4.21. The van der Waals surface area contributed by atoms with Crippen LogP contribution in [-0.4, -0.2) is 42.4 Å². The first kappa shape index (κ1) is 13.2. The van der Waals surface area contributed by atoms with Gasteiger partial charge in [-0.25, -0.2) is 4.79 Å². The van der Waals surface area contributed by atoms with Crippen molar-refractivity contribution in [2.24, 2.45) is 11.7 Å². The minimum absolute atomic E-state index is 0.0332. The lowest BCUT2D eigenvalue weighted by Crippen LogP contribution is -2.30. The number of carbonyl (C=O) groups is 1. The van der Waals surface area contributed by atoms with Gasteiger partial charge in [-0.3, -0.25) is 0 Å². The van der Waals surface area contributed by atoms with Crippen molar-refractivity contribution in [3.8, 4) is 0 Å². The van der Waals surface area contributed by atoms with Crippen LogP contribution < -0.4 is 5.73 Å². The summed E-state index contributed by atoms with van der Waals surface area (Å²) in [6.07, 6.45) is -2.66. The maximum atomic E-state index is 10.5. The highest BCUT2D eigenvalue weighted by molar-refractivity contribution is 5.64. The van der Waals surface area contributed by atoms with Gasteiger partial charge in [0.2, 0.25) is 0 Å². The van der Waals surface area contributed by atoms with E-state index in [1.54, 1.807) is 0 Å². The fourth-order valence-corrected chi connectivity index (χ4v) is 1.58. The lowest BCUT2D eigenvalue weighted by Gasteiger charge is -2.18. The topological polar surface area (TPSA) is 91.0 Å². The predicted molar refractivity (Wildman–Crippen MR) is 55.6 cm³/mol. The predicted octanol–water partition coefficient (Wildman–Crippen LogP) is 0.229. The van der Waals surface area contributed by atoms with E-state index in [0.717, 1.165) is 0 Å². The number of amides is 1. The molecule has 6 heteroatoms. The molecule has 0 radical (unpaired) electrons. The van der Waals surface area contributed by atoms with Gasteiger partial charge >= 0.3 is 6.09 Å². The maximum Gasteiger partial charge on any atom is 0.404 e. The Bertz CT molecular complexity index is 245. The van der Waals surface area contributed by atoms with Crippen molar-refractivity contribution in [1.29, 1.82) is 0 Å². The summed E-state index contributed by atoms with van der Waals surface area (Å²) in [6, 6.07) is 0. The molecule has 1 saturated heterocycles. The van der Waals surface area contributed by atoms with Gasteiger partial charge in [-0.2, -0.15) is 0 Å². The van der Waals surface area contributed by atoms with Crippen LogP contribution in [0.2, 0.25) is 0 Å². The Kier molecular flexibility index (Phi) is 4.52. The van der Waals surface area contributed by atoms with Crippen molar-refractivity contribution < 1.29 is 24.1 Å². The van der Waals surface area contributed by atoms with Crippen molar-refractivity contribution in [3.05, 3.63) is 0 Å². The summed E-state index contributed by atoms with van der Waals surface area (Å²) in [4.78, 5) is 10.5. The van der Waals surface area contributed by atoms with Gasteiger partial charge in [-0.1, -0.05) is 6.92 Å². The molecule has 0 saturated carbocycles. The van der Waals surface area contributed by atoms with Crippen molar-refractivity contribution in [1.82, 2.24) is 0 Å². The molecule has 0 aromatic carbocycles. The minimum atomic E-state index is -0.849. The number of nitrogens with two attached hydrogens (primary N) is 1. The molecule has 0 unspecified atom stereocenters. The molecule has 0 spiro atoms. The molecular weight excluding hydrogens is 214 g/mol. The fraction of sp³-hybridized carbons (Fsp3) is 0.900. The Labute approximate surface area is 94.7 Å². The normalized spacial score (nSPS) is 34.3. The number of hydrogen-bond donors (Lipinski definition) is 2. The minimum Gasteiger partial charge on any atom is -0.447 e. The van der Waals surface area contributed by atoms with Crippen LogP contribution in [-0.2, 0) is 14.2 Å². The third kappa shape index (κ3) is 3.33. The maximum absolute atomic E-state index is 10.5. The molecule has 1 amide bonds. The van der Waals surface area contributed by atoms with Crippen molar-refractivity contribution in [3.63, 3.8) is 0 Å². The Morgan fingerprint density at radius 1 is 1.56 bits per heavy atom. The molecule has 94 valence electrons. The highest BCUT2D eigenvalue weighted by atomic mass is 16.7. The van der Waals surface area contributed by atoms with Gasteiger partial charge in [-0.05, 0) is 13.8 Å². The zero-order chi connectivity index (χ0) is 12.3. The molecule has 0 bridgehead atoms. The van der Waals surface area contributed by atoms with Crippen LogP contribution >= 0.6 is 0 Å². The van der Waals surface area contributed by atoms with Crippen molar-refractivity contribution >= 4 is 6.09 Å². The summed E-state index contributed by atoms with van der Waals surface area (Å²) >= 11 is 0. The number of aliphatic hydroxyl groups excluding tert-OH is 1. The average Bonchev–Trinajstić information content (AvgIpc) is 2.42. The third-order valence-electron chi connectivity index (χ3n) is 2.51.